The second kappa shape index (κ2) is 9.89. The monoisotopic (exact) mass is 452 g/mol. The summed E-state index contributed by atoms with van der Waals surface area (Å²) in [5.74, 6) is -1.00. The Hall–Kier alpha value is -2.97. The Bertz CT molecular complexity index is 1030. The van der Waals surface area contributed by atoms with E-state index in [2.05, 4.69) is 22.4 Å². The van der Waals surface area contributed by atoms with E-state index in [4.69, 9.17) is 4.74 Å². The van der Waals surface area contributed by atoms with Gasteiger partial charge in [0.2, 0.25) is 0 Å². The number of aliphatic carboxylic acids is 1. The largest absolute Gasteiger partial charge is 0.480 e. The molecular weight excluding hydrogens is 432 g/mol. The van der Waals surface area contributed by atoms with Gasteiger partial charge in [-0.15, -0.1) is 0 Å². The average molecular weight is 453 g/mol. The first-order valence-corrected chi connectivity index (χ1v) is 12.0. The van der Waals surface area contributed by atoms with Crippen molar-refractivity contribution < 1.29 is 19.4 Å². The highest BCUT2D eigenvalue weighted by atomic mass is 33.1. The molecule has 0 bridgehead atoms. The van der Waals surface area contributed by atoms with E-state index in [0.29, 0.717) is 0 Å². The summed E-state index contributed by atoms with van der Waals surface area (Å²) in [6.45, 7) is 0.141. The van der Waals surface area contributed by atoms with Gasteiger partial charge in [0.1, 0.15) is 17.7 Å². The third kappa shape index (κ3) is 5.03. The number of carbonyl (C=O) groups is 2. The van der Waals surface area contributed by atoms with E-state index in [-0.39, 0.29) is 18.3 Å². The highest BCUT2D eigenvalue weighted by Gasteiger charge is 2.29. The number of alkyl carbamates (subject to hydrolysis) is 1. The number of benzene rings is 2. The molecular formula is C23H20N2O4S2. The fourth-order valence-electron chi connectivity index (χ4n) is 3.52. The van der Waals surface area contributed by atoms with E-state index < -0.39 is 18.1 Å². The predicted octanol–water partition coefficient (Wildman–Crippen LogP) is 4.81. The molecule has 2 aromatic carbocycles. The van der Waals surface area contributed by atoms with Crippen molar-refractivity contribution in [1.82, 2.24) is 10.3 Å². The van der Waals surface area contributed by atoms with Gasteiger partial charge in [0, 0.05) is 17.9 Å². The Morgan fingerprint density at radius 3 is 2.26 bits per heavy atom. The lowest BCUT2D eigenvalue weighted by molar-refractivity contribution is -0.138. The maximum atomic E-state index is 12.3. The van der Waals surface area contributed by atoms with Gasteiger partial charge in [-0.3, -0.25) is 0 Å². The molecule has 8 heteroatoms. The number of carboxylic acids is 1. The highest BCUT2D eigenvalue weighted by molar-refractivity contribution is 8.76. The Balaban J connectivity index is 1.34. The quantitative estimate of drug-likeness (QED) is 0.474. The van der Waals surface area contributed by atoms with Crippen LogP contribution in [0.15, 0.2) is 78.0 Å². The molecule has 1 aliphatic carbocycles. The van der Waals surface area contributed by atoms with Crippen molar-refractivity contribution in [2.75, 3.05) is 12.4 Å². The topological polar surface area (TPSA) is 88.5 Å². The van der Waals surface area contributed by atoms with E-state index >= 15 is 0 Å². The van der Waals surface area contributed by atoms with Crippen LogP contribution < -0.4 is 5.32 Å². The first-order chi connectivity index (χ1) is 15.1. The van der Waals surface area contributed by atoms with Crippen LogP contribution >= 0.6 is 21.6 Å². The van der Waals surface area contributed by atoms with Crippen molar-refractivity contribution in [2.45, 2.75) is 17.0 Å². The summed E-state index contributed by atoms with van der Waals surface area (Å²) in [7, 11) is 2.67. The Morgan fingerprint density at radius 1 is 1.00 bits per heavy atom. The zero-order valence-corrected chi connectivity index (χ0v) is 18.1. The van der Waals surface area contributed by atoms with Crippen LogP contribution in [0.25, 0.3) is 11.1 Å². The number of ether oxygens (including phenoxy) is 1. The third-order valence-corrected chi connectivity index (χ3v) is 7.22. The number of rotatable bonds is 8. The molecule has 2 N–H and O–H groups in total. The zero-order chi connectivity index (χ0) is 21.6. The molecule has 0 aliphatic heterocycles. The van der Waals surface area contributed by atoms with Crippen LogP contribution in [0.4, 0.5) is 4.79 Å². The minimum Gasteiger partial charge on any atom is -0.480 e. The molecule has 3 aromatic rings. The Labute approximate surface area is 187 Å². The molecule has 1 aromatic heterocycles. The Morgan fingerprint density at radius 2 is 1.65 bits per heavy atom. The van der Waals surface area contributed by atoms with Crippen molar-refractivity contribution >= 4 is 33.7 Å². The second-order valence-corrected chi connectivity index (χ2v) is 9.26. The molecule has 0 saturated heterocycles. The minimum absolute atomic E-state index is 0.0736. The number of aromatic nitrogens is 1. The summed E-state index contributed by atoms with van der Waals surface area (Å²) in [4.78, 5) is 28.1. The number of carboxylic acid groups (broad SMARTS) is 1. The summed E-state index contributed by atoms with van der Waals surface area (Å²) >= 11 is 0. The van der Waals surface area contributed by atoms with Crippen LogP contribution in [-0.4, -0.2) is 40.6 Å². The smallest absolute Gasteiger partial charge is 0.407 e. The molecule has 1 atom stereocenters. The Kier molecular flexibility index (Phi) is 6.79. The van der Waals surface area contributed by atoms with Crippen molar-refractivity contribution in [1.29, 1.82) is 0 Å². The average Bonchev–Trinajstić information content (AvgIpc) is 3.11. The maximum Gasteiger partial charge on any atom is 0.407 e. The van der Waals surface area contributed by atoms with Crippen molar-refractivity contribution in [2.24, 2.45) is 0 Å². The second-order valence-electron chi connectivity index (χ2n) is 6.90. The van der Waals surface area contributed by atoms with E-state index in [1.165, 1.54) is 21.6 Å². The van der Waals surface area contributed by atoms with Crippen LogP contribution in [0.3, 0.4) is 0 Å². The van der Waals surface area contributed by atoms with Crippen LogP contribution in [0.1, 0.15) is 17.0 Å². The number of hydrogen-bond acceptors (Lipinski definition) is 6. The van der Waals surface area contributed by atoms with Gasteiger partial charge in [0.25, 0.3) is 0 Å². The number of carbonyl (C=O) groups excluding carboxylic acids is 1. The first kappa shape index (κ1) is 21.3. The molecule has 0 saturated carbocycles. The number of nitrogens with one attached hydrogen (secondary N) is 1. The lowest BCUT2D eigenvalue weighted by Gasteiger charge is -2.17. The molecule has 1 amide bonds. The van der Waals surface area contributed by atoms with E-state index in [1.807, 2.05) is 54.6 Å². The summed E-state index contributed by atoms with van der Waals surface area (Å²) < 4.78 is 5.44. The molecule has 0 spiro atoms. The maximum absolute atomic E-state index is 12.3. The molecule has 1 aliphatic rings. The van der Waals surface area contributed by atoms with Gasteiger partial charge in [0.05, 0.1) is 0 Å². The number of fused-ring (bicyclic) bond motifs is 3. The van der Waals surface area contributed by atoms with Crippen molar-refractivity contribution in [3.8, 4) is 11.1 Å². The predicted molar refractivity (Wildman–Crippen MR) is 122 cm³/mol. The molecule has 0 fully saturated rings. The van der Waals surface area contributed by atoms with Gasteiger partial charge >= 0.3 is 12.1 Å². The molecule has 0 unspecified atom stereocenters. The molecule has 0 radical (unpaired) electrons. The van der Waals surface area contributed by atoms with Gasteiger partial charge in [-0.25, -0.2) is 14.6 Å². The molecule has 1 heterocycles. The number of amides is 1. The number of hydrogen-bond donors (Lipinski definition) is 2. The van der Waals surface area contributed by atoms with Crippen LogP contribution in [0.5, 0.6) is 0 Å². The van der Waals surface area contributed by atoms with Gasteiger partial charge in [-0.05, 0) is 45.2 Å². The fraction of sp³-hybridized carbons (Fsp3) is 0.174. The molecule has 31 heavy (non-hydrogen) atoms. The fourth-order valence-corrected chi connectivity index (χ4v) is 5.58. The van der Waals surface area contributed by atoms with Crippen LogP contribution in [-0.2, 0) is 9.53 Å². The summed E-state index contributed by atoms with van der Waals surface area (Å²) in [6.07, 6.45) is 0.935. The molecule has 158 valence electrons. The number of pyridine rings is 1. The SMILES string of the molecule is O=C(N[C@@H](CSSc1ccccn1)C(=O)O)OCC1c2ccccc2-c2ccccc21. The van der Waals surface area contributed by atoms with Crippen LogP contribution in [0.2, 0.25) is 0 Å². The molecule has 6 nitrogen and oxygen atoms in total. The molecule has 4 rings (SSSR count). The normalized spacial score (nSPS) is 13.2. The number of nitrogens with zero attached hydrogens (tertiary/aromatic N) is 1. The lowest BCUT2D eigenvalue weighted by atomic mass is 9.98. The third-order valence-electron chi connectivity index (χ3n) is 4.95. The van der Waals surface area contributed by atoms with Gasteiger partial charge in [-0.1, -0.05) is 65.4 Å². The van der Waals surface area contributed by atoms with Crippen LogP contribution in [0, 0.1) is 0 Å². The van der Waals surface area contributed by atoms with E-state index in [1.54, 1.807) is 6.20 Å². The lowest BCUT2D eigenvalue weighted by Crippen LogP contribution is -2.43. The standard InChI is InChI=1S/C23H20N2O4S2/c26-22(27)20(14-30-31-21-11-5-6-12-24-21)25-23(28)29-13-19-17-9-3-1-7-15(17)16-8-2-4-10-18(16)19/h1-12,19-20H,13-14H2,(H,25,28)(H,26,27)/t20-/m0/s1. The summed E-state index contributed by atoms with van der Waals surface area (Å²) in [6, 6.07) is 20.6. The first-order valence-electron chi connectivity index (χ1n) is 9.68. The van der Waals surface area contributed by atoms with Gasteiger partial charge in [0.15, 0.2) is 0 Å². The van der Waals surface area contributed by atoms with E-state index in [9.17, 15) is 14.7 Å². The van der Waals surface area contributed by atoms with E-state index in [0.717, 1.165) is 27.3 Å². The summed E-state index contributed by atoms with van der Waals surface area (Å²) in [5.41, 5.74) is 4.49. The summed E-state index contributed by atoms with van der Waals surface area (Å²) in [5, 5.41) is 12.7. The van der Waals surface area contributed by atoms with Gasteiger partial charge < -0.3 is 15.2 Å². The van der Waals surface area contributed by atoms with Crippen molar-refractivity contribution in [3.05, 3.63) is 84.1 Å². The highest BCUT2D eigenvalue weighted by Crippen LogP contribution is 2.44. The van der Waals surface area contributed by atoms with Gasteiger partial charge in [-0.2, -0.15) is 0 Å². The minimum atomic E-state index is -1.11. The van der Waals surface area contributed by atoms with Crippen molar-refractivity contribution in [3.63, 3.8) is 0 Å². The zero-order valence-electron chi connectivity index (χ0n) is 16.4.